The molecule has 0 aliphatic rings. The van der Waals surface area contributed by atoms with Crippen LogP contribution in [0.15, 0.2) is 71.9 Å². The lowest BCUT2D eigenvalue weighted by atomic mass is 10.1. The number of hydrogen-bond acceptors (Lipinski definition) is 4. The van der Waals surface area contributed by atoms with E-state index in [1.807, 2.05) is 12.1 Å². The molecule has 0 unspecified atom stereocenters. The lowest BCUT2D eigenvalue weighted by Gasteiger charge is -2.22. The highest BCUT2D eigenvalue weighted by atomic mass is 35.5. The van der Waals surface area contributed by atoms with Crippen molar-refractivity contribution in [1.29, 1.82) is 0 Å². The molecule has 2 aromatic carbocycles. The van der Waals surface area contributed by atoms with Gasteiger partial charge < -0.3 is 5.32 Å². The predicted molar refractivity (Wildman–Crippen MR) is 114 cm³/mol. The van der Waals surface area contributed by atoms with Crippen LogP contribution in [-0.2, 0) is 16.6 Å². The first-order valence-corrected chi connectivity index (χ1v) is 10.6. The van der Waals surface area contributed by atoms with Crippen LogP contribution in [0.3, 0.4) is 0 Å². The molecular weight excluding hydrogens is 410 g/mol. The van der Waals surface area contributed by atoms with Gasteiger partial charge in [-0.2, -0.15) is 0 Å². The molecule has 1 N–H and O–H groups in total. The van der Waals surface area contributed by atoms with Gasteiger partial charge in [0.15, 0.2) is 0 Å². The lowest BCUT2D eigenvalue weighted by molar-refractivity contribution is 0.0951. The zero-order chi connectivity index (χ0) is 21.0. The number of nitrogens with one attached hydrogen (secondary N) is 1. The summed E-state index contributed by atoms with van der Waals surface area (Å²) in [5.74, 6) is -0.236. The molecule has 6 nitrogen and oxygen atoms in total. The number of amides is 1. The maximum Gasteiger partial charge on any atom is 0.264 e. The molecule has 0 fully saturated rings. The fourth-order valence-corrected chi connectivity index (χ4v) is 4.22. The van der Waals surface area contributed by atoms with E-state index in [1.165, 1.54) is 35.6 Å². The number of nitrogens with zero attached hydrogens (tertiary/aromatic N) is 2. The number of anilines is 1. The van der Waals surface area contributed by atoms with Crippen molar-refractivity contribution in [3.63, 3.8) is 0 Å². The number of pyridine rings is 1. The SMILES string of the molecule is Cc1cc(C(=O)NCc2ccncc2)ccc1N(C)S(=O)(=O)c1ccc(Cl)cc1. The molecule has 1 aromatic heterocycles. The Morgan fingerprint density at radius 1 is 1.07 bits per heavy atom. The molecule has 150 valence electrons. The van der Waals surface area contributed by atoms with Gasteiger partial charge in [-0.25, -0.2) is 8.42 Å². The Balaban J connectivity index is 1.78. The highest BCUT2D eigenvalue weighted by molar-refractivity contribution is 7.92. The van der Waals surface area contributed by atoms with Gasteiger partial charge in [0.05, 0.1) is 10.6 Å². The standard InChI is InChI=1S/C21H20ClN3O3S/c1-15-13-17(21(26)24-14-16-9-11-23-12-10-16)3-8-20(15)25(2)29(27,28)19-6-4-18(22)5-7-19/h3-13H,14H2,1-2H3,(H,24,26). The quantitative estimate of drug-likeness (QED) is 0.646. The molecule has 0 radical (unpaired) electrons. The Labute approximate surface area is 175 Å². The summed E-state index contributed by atoms with van der Waals surface area (Å²) in [7, 11) is -2.26. The van der Waals surface area contributed by atoms with Crippen molar-refractivity contribution < 1.29 is 13.2 Å². The van der Waals surface area contributed by atoms with Gasteiger partial charge in [0.25, 0.3) is 15.9 Å². The molecular formula is C21H20ClN3O3S. The second-order valence-electron chi connectivity index (χ2n) is 6.47. The third-order valence-electron chi connectivity index (χ3n) is 4.47. The molecule has 0 saturated carbocycles. The molecule has 0 aliphatic carbocycles. The van der Waals surface area contributed by atoms with Gasteiger partial charge in [-0.05, 0) is 72.6 Å². The third kappa shape index (κ3) is 4.75. The van der Waals surface area contributed by atoms with E-state index in [0.29, 0.717) is 28.4 Å². The maximum absolute atomic E-state index is 12.9. The zero-order valence-electron chi connectivity index (χ0n) is 16.0. The van der Waals surface area contributed by atoms with E-state index in [-0.39, 0.29) is 10.8 Å². The smallest absolute Gasteiger partial charge is 0.264 e. The molecule has 1 heterocycles. The number of sulfonamides is 1. The van der Waals surface area contributed by atoms with Crippen LogP contribution >= 0.6 is 11.6 Å². The lowest BCUT2D eigenvalue weighted by Crippen LogP contribution is -2.27. The van der Waals surface area contributed by atoms with Crippen molar-refractivity contribution in [1.82, 2.24) is 10.3 Å². The van der Waals surface area contributed by atoms with Gasteiger partial charge in [0.1, 0.15) is 0 Å². The number of carbonyl (C=O) groups excluding carboxylic acids is 1. The number of aromatic nitrogens is 1. The van der Waals surface area contributed by atoms with Crippen LogP contribution in [0.5, 0.6) is 0 Å². The van der Waals surface area contributed by atoms with Gasteiger partial charge in [0, 0.05) is 36.6 Å². The second-order valence-corrected chi connectivity index (χ2v) is 8.87. The normalized spacial score (nSPS) is 11.1. The highest BCUT2D eigenvalue weighted by Gasteiger charge is 2.23. The monoisotopic (exact) mass is 429 g/mol. The summed E-state index contributed by atoms with van der Waals surface area (Å²) in [6.45, 7) is 2.15. The third-order valence-corrected chi connectivity index (χ3v) is 6.51. The Morgan fingerprint density at radius 3 is 2.34 bits per heavy atom. The number of rotatable bonds is 6. The number of hydrogen-bond donors (Lipinski definition) is 1. The Bertz CT molecular complexity index is 1120. The molecule has 1 amide bonds. The summed E-state index contributed by atoms with van der Waals surface area (Å²) >= 11 is 5.85. The van der Waals surface area contributed by atoms with Crippen LogP contribution in [0, 0.1) is 6.92 Å². The average Bonchev–Trinajstić information content (AvgIpc) is 2.72. The largest absolute Gasteiger partial charge is 0.348 e. The van der Waals surface area contributed by atoms with E-state index in [0.717, 1.165) is 5.56 Å². The molecule has 3 rings (SSSR count). The molecule has 0 aliphatic heterocycles. The van der Waals surface area contributed by atoms with Crippen molar-refractivity contribution in [3.05, 3.63) is 88.7 Å². The van der Waals surface area contributed by atoms with Crippen LogP contribution in [0.1, 0.15) is 21.5 Å². The summed E-state index contributed by atoms with van der Waals surface area (Å²) in [4.78, 5) is 16.5. The van der Waals surface area contributed by atoms with Crippen LogP contribution in [0.25, 0.3) is 0 Å². The van der Waals surface area contributed by atoms with Crippen molar-refractivity contribution in [3.8, 4) is 0 Å². The fourth-order valence-electron chi connectivity index (χ4n) is 2.83. The van der Waals surface area contributed by atoms with Gasteiger partial charge in [-0.15, -0.1) is 0 Å². The first-order valence-electron chi connectivity index (χ1n) is 8.81. The summed E-state index contributed by atoms with van der Waals surface area (Å²) in [6, 6.07) is 14.6. The van der Waals surface area contributed by atoms with Crippen LogP contribution in [0.4, 0.5) is 5.69 Å². The summed E-state index contributed by atoms with van der Waals surface area (Å²) in [5.41, 5.74) is 2.56. The van der Waals surface area contributed by atoms with Gasteiger partial charge in [0.2, 0.25) is 0 Å². The van der Waals surface area contributed by atoms with E-state index >= 15 is 0 Å². The first kappa shape index (κ1) is 20.8. The summed E-state index contributed by atoms with van der Waals surface area (Å²) in [6.07, 6.45) is 3.33. The zero-order valence-corrected chi connectivity index (χ0v) is 17.5. The minimum Gasteiger partial charge on any atom is -0.348 e. The van der Waals surface area contributed by atoms with Crippen molar-refractivity contribution in [2.24, 2.45) is 0 Å². The van der Waals surface area contributed by atoms with E-state index in [4.69, 9.17) is 11.6 Å². The topological polar surface area (TPSA) is 79.4 Å². The van der Waals surface area contributed by atoms with Crippen molar-refractivity contribution in [2.45, 2.75) is 18.4 Å². The van der Waals surface area contributed by atoms with E-state index < -0.39 is 10.0 Å². The van der Waals surface area contributed by atoms with Gasteiger partial charge in [-0.1, -0.05) is 11.6 Å². The average molecular weight is 430 g/mol. The number of carbonyl (C=O) groups is 1. The number of halogens is 1. The molecule has 0 saturated heterocycles. The van der Waals surface area contributed by atoms with E-state index in [9.17, 15) is 13.2 Å². The van der Waals surface area contributed by atoms with Crippen molar-refractivity contribution in [2.75, 3.05) is 11.4 Å². The fraction of sp³-hybridized carbons (Fsp3) is 0.143. The second kappa shape index (κ2) is 8.63. The number of aryl methyl sites for hydroxylation is 1. The molecule has 0 atom stereocenters. The molecule has 29 heavy (non-hydrogen) atoms. The first-order chi connectivity index (χ1) is 13.8. The van der Waals surface area contributed by atoms with Crippen molar-refractivity contribution >= 4 is 33.2 Å². The van der Waals surface area contributed by atoms with E-state index in [2.05, 4.69) is 10.3 Å². The Kier molecular flexibility index (Phi) is 6.20. The number of benzene rings is 2. The van der Waals surface area contributed by atoms with E-state index in [1.54, 1.807) is 37.5 Å². The summed E-state index contributed by atoms with van der Waals surface area (Å²) < 4.78 is 26.9. The van der Waals surface area contributed by atoms with Crippen LogP contribution < -0.4 is 9.62 Å². The Hall–Kier alpha value is -2.90. The maximum atomic E-state index is 12.9. The summed E-state index contributed by atoms with van der Waals surface area (Å²) in [5, 5.41) is 3.30. The minimum atomic E-state index is -3.74. The molecule has 0 spiro atoms. The molecule has 0 bridgehead atoms. The van der Waals surface area contributed by atoms with Crippen LogP contribution in [0.2, 0.25) is 5.02 Å². The Morgan fingerprint density at radius 2 is 1.72 bits per heavy atom. The molecule has 3 aromatic rings. The predicted octanol–water partition coefficient (Wildman–Crippen LogP) is 3.80. The van der Waals surface area contributed by atoms with Gasteiger partial charge in [-0.3, -0.25) is 14.1 Å². The minimum absolute atomic E-state index is 0.142. The van der Waals surface area contributed by atoms with Gasteiger partial charge >= 0.3 is 0 Å². The highest BCUT2D eigenvalue weighted by Crippen LogP contribution is 2.26. The molecule has 8 heteroatoms. The van der Waals surface area contributed by atoms with Crippen LogP contribution in [-0.4, -0.2) is 26.4 Å².